The molecule has 0 saturated heterocycles. The molecule has 1 N–H and O–H groups in total. The number of aliphatic hydroxyl groups excluding tert-OH is 1. The molecule has 0 spiro atoms. The Kier molecular flexibility index (Phi) is 3.61. The Labute approximate surface area is 117 Å². The summed E-state index contributed by atoms with van der Waals surface area (Å²) in [6.07, 6.45) is 6.56. The highest BCUT2D eigenvalue weighted by Gasteiger charge is 2.05. The van der Waals surface area contributed by atoms with Crippen LogP contribution in [0, 0.1) is 0 Å². The van der Waals surface area contributed by atoms with Gasteiger partial charge in [0.05, 0.1) is 17.8 Å². The van der Waals surface area contributed by atoms with E-state index >= 15 is 0 Å². The van der Waals surface area contributed by atoms with Crippen molar-refractivity contribution in [2.45, 2.75) is 6.42 Å². The molecule has 1 heterocycles. The number of nitrogens with zero attached hydrogens (tertiary/aromatic N) is 2. The van der Waals surface area contributed by atoms with Gasteiger partial charge in [0, 0.05) is 11.6 Å². The fraction of sp³-hybridized carbons (Fsp3) is 0.118. The molecular formula is C17H16N2O. The molecule has 3 heteroatoms. The number of allylic oxidation sites excluding steroid dienone is 1. The number of aliphatic hydroxyl groups is 1. The predicted octanol–water partition coefficient (Wildman–Crippen LogP) is 3.12. The lowest BCUT2D eigenvalue weighted by molar-refractivity contribution is 0.342. The first-order chi connectivity index (χ1) is 9.88. The third-order valence-corrected chi connectivity index (χ3v) is 3.26. The van der Waals surface area contributed by atoms with E-state index in [0.717, 1.165) is 23.0 Å². The lowest BCUT2D eigenvalue weighted by atomic mass is 10.1. The summed E-state index contributed by atoms with van der Waals surface area (Å²) in [4.78, 5) is 0. The molecule has 3 nitrogen and oxygen atoms in total. The van der Waals surface area contributed by atoms with E-state index in [1.54, 1.807) is 6.08 Å². The molecule has 0 aliphatic rings. The first-order valence-electron chi connectivity index (χ1n) is 6.67. The van der Waals surface area contributed by atoms with Crippen molar-refractivity contribution in [3.63, 3.8) is 0 Å². The number of benzene rings is 2. The van der Waals surface area contributed by atoms with Crippen LogP contribution < -0.4 is 0 Å². The lowest BCUT2D eigenvalue weighted by Crippen LogP contribution is -1.99. The van der Waals surface area contributed by atoms with Crippen molar-refractivity contribution in [1.82, 2.24) is 9.78 Å². The predicted molar refractivity (Wildman–Crippen MR) is 81.0 cm³/mol. The Hall–Kier alpha value is -2.39. The zero-order chi connectivity index (χ0) is 13.8. The smallest absolute Gasteiger partial charge is 0.0927 e. The quantitative estimate of drug-likeness (QED) is 0.735. The maximum atomic E-state index is 8.82. The van der Waals surface area contributed by atoms with Crippen LogP contribution in [0.5, 0.6) is 0 Å². The lowest BCUT2D eigenvalue weighted by Gasteiger charge is -2.07. The van der Waals surface area contributed by atoms with Gasteiger partial charge in [0.25, 0.3) is 0 Å². The molecule has 0 radical (unpaired) electrons. The van der Waals surface area contributed by atoms with Gasteiger partial charge in [-0.2, -0.15) is 5.10 Å². The van der Waals surface area contributed by atoms with E-state index in [2.05, 4.69) is 23.3 Å². The molecule has 1 aromatic heterocycles. The standard InChI is InChI=1S/C17H16N2O/c20-12-6-5-8-14-7-2-4-11-17(14)19-13-15-9-1-3-10-16(15)18-19/h1-7,9-11,13,20H,8,12H2/b6-5+. The van der Waals surface area contributed by atoms with Crippen LogP contribution in [0.15, 0.2) is 66.9 Å². The molecular weight excluding hydrogens is 248 g/mol. The molecule has 0 aliphatic heterocycles. The van der Waals surface area contributed by atoms with Gasteiger partial charge >= 0.3 is 0 Å². The van der Waals surface area contributed by atoms with E-state index in [-0.39, 0.29) is 6.61 Å². The summed E-state index contributed by atoms with van der Waals surface area (Å²) in [7, 11) is 0. The van der Waals surface area contributed by atoms with Crippen molar-refractivity contribution in [3.8, 4) is 5.69 Å². The molecule has 2 aromatic carbocycles. The summed E-state index contributed by atoms with van der Waals surface area (Å²) in [6, 6.07) is 16.3. The highest BCUT2D eigenvalue weighted by Crippen LogP contribution is 2.19. The number of fused-ring (bicyclic) bond motifs is 1. The third kappa shape index (κ3) is 2.49. The fourth-order valence-electron chi connectivity index (χ4n) is 2.28. The molecule has 100 valence electrons. The van der Waals surface area contributed by atoms with Gasteiger partial charge in [0.2, 0.25) is 0 Å². The SMILES string of the molecule is OC/C=C/Cc1ccccc1-n1cc2ccccc2n1. The molecule has 3 aromatic rings. The summed E-state index contributed by atoms with van der Waals surface area (Å²) >= 11 is 0. The summed E-state index contributed by atoms with van der Waals surface area (Å²) in [5.74, 6) is 0. The van der Waals surface area contributed by atoms with Crippen molar-refractivity contribution in [2.75, 3.05) is 6.61 Å². The van der Waals surface area contributed by atoms with Gasteiger partial charge in [0.1, 0.15) is 0 Å². The molecule has 0 unspecified atom stereocenters. The highest BCUT2D eigenvalue weighted by molar-refractivity contribution is 5.78. The zero-order valence-electron chi connectivity index (χ0n) is 11.1. The van der Waals surface area contributed by atoms with Crippen LogP contribution in [0.1, 0.15) is 5.56 Å². The van der Waals surface area contributed by atoms with Gasteiger partial charge < -0.3 is 5.11 Å². The van der Waals surface area contributed by atoms with Crippen molar-refractivity contribution in [3.05, 3.63) is 72.4 Å². The van der Waals surface area contributed by atoms with Crippen LogP contribution in [-0.4, -0.2) is 21.5 Å². The van der Waals surface area contributed by atoms with Gasteiger partial charge in [-0.15, -0.1) is 0 Å². The fourth-order valence-corrected chi connectivity index (χ4v) is 2.28. The number of hydrogen-bond donors (Lipinski definition) is 1. The summed E-state index contributed by atoms with van der Waals surface area (Å²) in [5, 5.41) is 14.6. The Bertz CT molecular complexity index is 710. The first kappa shape index (κ1) is 12.6. The highest BCUT2D eigenvalue weighted by atomic mass is 16.2. The average Bonchev–Trinajstić information content (AvgIpc) is 2.92. The van der Waals surface area contributed by atoms with Crippen LogP contribution in [0.2, 0.25) is 0 Å². The van der Waals surface area contributed by atoms with E-state index in [4.69, 9.17) is 5.11 Å². The van der Waals surface area contributed by atoms with Crippen molar-refractivity contribution >= 4 is 10.9 Å². The topological polar surface area (TPSA) is 38.0 Å². The minimum atomic E-state index is 0.0772. The summed E-state index contributed by atoms with van der Waals surface area (Å²) in [6.45, 7) is 0.0772. The Morgan fingerprint density at radius 2 is 1.80 bits per heavy atom. The van der Waals surface area contributed by atoms with Gasteiger partial charge in [-0.3, -0.25) is 0 Å². The number of para-hydroxylation sites is 1. The van der Waals surface area contributed by atoms with E-state index in [1.807, 2.05) is 47.3 Å². The second-order valence-electron chi connectivity index (χ2n) is 4.62. The van der Waals surface area contributed by atoms with Crippen LogP contribution >= 0.6 is 0 Å². The Balaban J connectivity index is 2.02. The molecule has 0 bridgehead atoms. The maximum Gasteiger partial charge on any atom is 0.0927 e. The second kappa shape index (κ2) is 5.72. The molecule has 0 fully saturated rings. The van der Waals surface area contributed by atoms with Gasteiger partial charge in [0.15, 0.2) is 0 Å². The molecule has 0 amide bonds. The van der Waals surface area contributed by atoms with Gasteiger partial charge in [-0.05, 0) is 24.1 Å². The zero-order valence-corrected chi connectivity index (χ0v) is 11.1. The van der Waals surface area contributed by atoms with Gasteiger partial charge in [-0.1, -0.05) is 48.6 Å². The minimum absolute atomic E-state index is 0.0772. The molecule has 20 heavy (non-hydrogen) atoms. The van der Waals surface area contributed by atoms with E-state index in [0.29, 0.717) is 0 Å². The Morgan fingerprint density at radius 1 is 1.00 bits per heavy atom. The summed E-state index contributed by atoms with van der Waals surface area (Å²) in [5.41, 5.74) is 3.25. The number of aromatic nitrogens is 2. The van der Waals surface area contributed by atoms with E-state index in [9.17, 15) is 0 Å². The molecule has 3 rings (SSSR count). The normalized spacial score (nSPS) is 11.4. The molecule has 0 saturated carbocycles. The van der Waals surface area contributed by atoms with Crippen LogP contribution in [0.25, 0.3) is 16.6 Å². The third-order valence-electron chi connectivity index (χ3n) is 3.26. The first-order valence-corrected chi connectivity index (χ1v) is 6.67. The van der Waals surface area contributed by atoms with E-state index in [1.165, 1.54) is 5.56 Å². The van der Waals surface area contributed by atoms with Gasteiger partial charge in [-0.25, -0.2) is 4.68 Å². The van der Waals surface area contributed by atoms with Crippen LogP contribution in [-0.2, 0) is 6.42 Å². The second-order valence-corrected chi connectivity index (χ2v) is 4.62. The largest absolute Gasteiger partial charge is 0.392 e. The number of hydrogen-bond acceptors (Lipinski definition) is 2. The molecule has 0 aliphatic carbocycles. The Morgan fingerprint density at radius 3 is 2.65 bits per heavy atom. The molecule has 0 atom stereocenters. The number of rotatable bonds is 4. The maximum absolute atomic E-state index is 8.82. The monoisotopic (exact) mass is 264 g/mol. The minimum Gasteiger partial charge on any atom is -0.392 e. The average molecular weight is 264 g/mol. The van der Waals surface area contributed by atoms with Crippen molar-refractivity contribution in [1.29, 1.82) is 0 Å². The van der Waals surface area contributed by atoms with Crippen LogP contribution in [0.3, 0.4) is 0 Å². The van der Waals surface area contributed by atoms with Crippen molar-refractivity contribution in [2.24, 2.45) is 0 Å². The van der Waals surface area contributed by atoms with E-state index < -0.39 is 0 Å². The van der Waals surface area contributed by atoms with Crippen LogP contribution in [0.4, 0.5) is 0 Å². The summed E-state index contributed by atoms with van der Waals surface area (Å²) < 4.78 is 1.92. The van der Waals surface area contributed by atoms with Crippen molar-refractivity contribution < 1.29 is 5.11 Å².